The molecule has 0 spiro atoms. The Balaban J connectivity index is 1.61. The lowest BCUT2D eigenvalue weighted by Crippen LogP contribution is -2.50. The number of oxazole rings is 1. The van der Waals surface area contributed by atoms with Crippen molar-refractivity contribution in [3.63, 3.8) is 0 Å². The normalized spacial score (nSPS) is 16.7. The summed E-state index contributed by atoms with van der Waals surface area (Å²) in [6.07, 6.45) is 1.51. The van der Waals surface area contributed by atoms with E-state index in [2.05, 4.69) is 15.2 Å². The average Bonchev–Trinajstić information content (AvgIpc) is 2.98. The maximum atomic E-state index is 12.3. The van der Waals surface area contributed by atoms with Gasteiger partial charge in [-0.05, 0) is 38.8 Å². The molecule has 0 saturated carbocycles. The van der Waals surface area contributed by atoms with E-state index >= 15 is 0 Å². The number of anilines is 1. The largest absolute Gasteiger partial charge is 0.423 e. The van der Waals surface area contributed by atoms with E-state index in [-0.39, 0.29) is 18.4 Å². The lowest BCUT2D eigenvalue weighted by molar-refractivity contribution is -0.127. The first-order chi connectivity index (χ1) is 11.0. The van der Waals surface area contributed by atoms with E-state index in [1.807, 2.05) is 38.1 Å². The van der Waals surface area contributed by atoms with Crippen LogP contribution in [0.5, 0.6) is 0 Å². The number of hydrogen-bond donors (Lipinski definition) is 2. The van der Waals surface area contributed by atoms with Gasteiger partial charge >= 0.3 is 0 Å². The molecule has 2 aromatic rings. The smallest absolute Gasteiger partial charge is 0.298 e. The van der Waals surface area contributed by atoms with Crippen LogP contribution in [0.25, 0.3) is 11.1 Å². The number of aliphatic hydroxyl groups excluding tert-OH is 1. The van der Waals surface area contributed by atoms with Crippen molar-refractivity contribution in [1.82, 2.24) is 10.3 Å². The molecule has 6 heteroatoms. The monoisotopic (exact) mass is 317 g/mol. The average molecular weight is 317 g/mol. The highest BCUT2D eigenvalue weighted by atomic mass is 16.4. The highest BCUT2D eigenvalue weighted by molar-refractivity contribution is 5.80. The molecule has 1 saturated heterocycles. The summed E-state index contributed by atoms with van der Waals surface area (Å²) < 4.78 is 5.78. The predicted octanol–water partition coefficient (Wildman–Crippen LogP) is 1.93. The highest BCUT2D eigenvalue weighted by Crippen LogP contribution is 2.26. The van der Waals surface area contributed by atoms with Gasteiger partial charge in [-0.15, -0.1) is 0 Å². The van der Waals surface area contributed by atoms with E-state index in [1.54, 1.807) is 0 Å². The SMILES string of the molecule is CC(C)(CO)NC(=O)C1CCN(c2nc3ccccc3o2)CC1. The molecule has 23 heavy (non-hydrogen) atoms. The molecule has 0 bridgehead atoms. The van der Waals surface area contributed by atoms with Crippen molar-refractivity contribution in [3.05, 3.63) is 24.3 Å². The van der Waals surface area contributed by atoms with Crippen LogP contribution >= 0.6 is 0 Å². The first-order valence-electron chi connectivity index (χ1n) is 8.02. The number of para-hydroxylation sites is 2. The molecule has 1 amide bonds. The van der Waals surface area contributed by atoms with E-state index < -0.39 is 5.54 Å². The number of benzene rings is 1. The molecule has 0 atom stereocenters. The van der Waals surface area contributed by atoms with E-state index in [9.17, 15) is 9.90 Å². The number of fused-ring (bicyclic) bond motifs is 1. The second-order valence-electron chi connectivity index (χ2n) is 6.76. The topological polar surface area (TPSA) is 78.6 Å². The van der Waals surface area contributed by atoms with E-state index in [0.29, 0.717) is 6.01 Å². The van der Waals surface area contributed by atoms with Crippen LogP contribution in [0.4, 0.5) is 6.01 Å². The molecular weight excluding hydrogens is 294 g/mol. The zero-order valence-corrected chi connectivity index (χ0v) is 13.6. The third kappa shape index (κ3) is 3.47. The molecule has 3 rings (SSSR count). The van der Waals surface area contributed by atoms with Crippen molar-refractivity contribution in [2.45, 2.75) is 32.2 Å². The number of nitrogens with one attached hydrogen (secondary N) is 1. The van der Waals surface area contributed by atoms with Gasteiger partial charge in [-0.3, -0.25) is 4.79 Å². The van der Waals surface area contributed by atoms with Gasteiger partial charge in [0, 0.05) is 19.0 Å². The fourth-order valence-electron chi connectivity index (χ4n) is 2.80. The number of rotatable bonds is 4. The Labute approximate surface area is 135 Å². The number of aromatic nitrogens is 1. The van der Waals surface area contributed by atoms with Gasteiger partial charge in [-0.2, -0.15) is 4.98 Å². The standard InChI is InChI=1S/C17H23N3O3/c1-17(2,11-21)19-15(22)12-7-9-20(10-8-12)16-18-13-5-3-4-6-14(13)23-16/h3-6,12,21H,7-11H2,1-2H3,(H,19,22). The van der Waals surface area contributed by atoms with Gasteiger partial charge in [-0.25, -0.2) is 0 Å². The number of carbonyl (C=O) groups is 1. The van der Waals surface area contributed by atoms with E-state index in [1.165, 1.54) is 0 Å². The Kier molecular flexibility index (Phi) is 4.26. The van der Waals surface area contributed by atoms with Crippen molar-refractivity contribution < 1.29 is 14.3 Å². The Morgan fingerprint density at radius 1 is 1.39 bits per heavy atom. The Bertz CT molecular complexity index is 654. The number of nitrogens with zero attached hydrogens (tertiary/aromatic N) is 2. The van der Waals surface area contributed by atoms with Gasteiger partial charge < -0.3 is 19.7 Å². The minimum absolute atomic E-state index is 0.0151. The zero-order valence-electron chi connectivity index (χ0n) is 13.6. The van der Waals surface area contributed by atoms with Crippen LogP contribution in [0.1, 0.15) is 26.7 Å². The van der Waals surface area contributed by atoms with Crippen molar-refractivity contribution in [2.75, 3.05) is 24.6 Å². The molecule has 124 valence electrons. The van der Waals surface area contributed by atoms with Gasteiger partial charge in [0.15, 0.2) is 5.58 Å². The highest BCUT2D eigenvalue weighted by Gasteiger charge is 2.30. The summed E-state index contributed by atoms with van der Waals surface area (Å²) in [5.41, 5.74) is 1.06. The van der Waals surface area contributed by atoms with Crippen LogP contribution in [-0.4, -0.2) is 41.2 Å². The second-order valence-corrected chi connectivity index (χ2v) is 6.76. The summed E-state index contributed by atoms with van der Waals surface area (Å²) >= 11 is 0. The van der Waals surface area contributed by atoms with Crippen LogP contribution < -0.4 is 10.2 Å². The van der Waals surface area contributed by atoms with Crippen LogP contribution in [0.2, 0.25) is 0 Å². The number of carbonyl (C=O) groups excluding carboxylic acids is 1. The lowest BCUT2D eigenvalue weighted by atomic mass is 9.94. The van der Waals surface area contributed by atoms with E-state index in [4.69, 9.17) is 4.42 Å². The Morgan fingerprint density at radius 2 is 2.09 bits per heavy atom. The summed E-state index contributed by atoms with van der Waals surface area (Å²) in [6, 6.07) is 8.33. The maximum Gasteiger partial charge on any atom is 0.298 e. The number of amides is 1. The molecule has 1 aliphatic rings. The molecule has 6 nitrogen and oxygen atoms in total. The van der Waals surface area contributed by atoms with Crippen LogP contribution in [0, 0.1) is 5.92 Å². The minimum atomic E-state index is -0.575. The number of aliphatic hydroxyl groups is 1. The molecular formula is C17H23N3O3. The summed E-state index contributed by atoms with van der Waals surface area (Å²) in [5.74, 6) is -0.0114. The Hall–Kier alpha value is -2.08. The van der Waals surface area contributed by atoms with Gasteiger partial charge in [0.25, 0.3) is 6.01 Å². The molecule has 2 heterocycles. The van der Waals surface area contributed by atoms with Gasteiger partial charge in [-0.1, -0.05) is 12.1 Å². The molecule has 0 radical (unpaired) electrons. The summed E-state index contributed by atoms with van der Waals surface area (Å²) in [4.78, 5) is 18.9. The van der Waals surface area contributed by atoms with Gasteiger partial charge in [0.05, 0.1) is 12.1 Å². The minimum Gasteiger partial charge on any atom is -0.423 e. The lowest BCUT2D eigenvalue weighted by Gasteiger charge is -2.32. The summed E-state index contributed by atoms with van der Waals surface area (Å²) in [5, 5.41) is 12.2. The third-order valence-electron chi connectivity index (χ3n) is 4.28. The summed E-state index contributed by atoms with van der Waals surface area (Å²) in [6.45, 7) is 5.05. The first kappa shape index (κ1) is 15.8. The first-order valence-corrected chi connectivity index (χ1v) is 8.02. The van der Waals surface area contributed by atoms with Crippen LogP contribution in [0.3, 0.4) is 0 Å². The van der Waals surface area contributed by atoms with E-state index in [0.717, 1.165) is 37.0 Å². The van der Waals surface area contributed by atoms with Crippen molar-refractivity contribution in [1.29, 1.82) is 0 Å². The molecule has 0 aliphatic carbocycles. The molecule has 1 aromatic carbocycles. The molecule has 1 fully saturated rings. The van der Waals surface area contributed by atoms with Crippen LogP contribution in [0.15, 0.2) is 28.7 Å². The van der Waals surface area contributed by atoms with Crippen molar-refractivity contribution in [3.8, 4) is 0 Å². The molecule has 2 N–H and O–H groups in total. The quantitative estimate of drug-likeness (QED) is 0.901. The summed E-state index contributed by atoms with van der Waals surface area (Å²) in [7, 11) is 0. The fourth-order valence-corrected chi connectivity index (χ4v) is 2.80. The zero-order chi connectivity index (χ0) is 16.4. The molecule has 0 unspecified atom stereocenters. The van der Waals surface area contributed by atoms with Crippen molar-refractivity contribution in [2.24, 2.45) is 5.92 Å². The molecule has 1 aliphatic heterocycles. The van der Waals surface area contributed by atoms with Crippen molar-refractivity contribution >= 4 is 23.0 Å². The predicted molar refractivity (Wildman–Crippen MR) is 88.3 cm³/mol. The number of hydrogen-bond acceptors (Lipinski definition) is 5. The third-order valence-corrected chi connectivity index (χ3v) is 4.28. The van der Waals surface area contributed by atoms with Gasteiger partial charge in [0.2, 0.25) is 5.91 Å². The van der Waals surface area contributed by atoms with Crippen LogP contribution in [-0.2, 0) is 4.79 Å². The second kappa shape index (κ2) is 6.20. The Morgan fingerprint density at radius 3 is 2.74 bits per heavy atom. The fraction of sp³-hybridized carbons (Fsp3) is 0.529. The van der Waals surface area contributed by atoms with Gasteiger partial charge in [0.1, 0.15) is 5.52 Å². The maximum absolute atomic E-state index is 12.3. The molecule has 1 aromatic heterocycles. The number of piperidine rings is 1.